The Bertz CT molecular complexity index is 786. The third-order valence-corrected chi connectivity index (χ3v) is 4.08. The minimum Gasteiger partial charge on any atom is -0.397 e. The summed E-state index contributed by atoms with van der Waals surface area (Å²) in [7, 11) is 0. The molecule has 3 nitrogen and oxygen atoms in total. The van der Waals surface area contributed by atoms with E-state index in [-0.39, 0.29) is 6.04 Å². The smallest absolute Gasteiger partial charge is 0.0630 e. The summed E-state index contributed by atoms with van der Waals surface area (Å²) in [4.78, 5) is 4.12. The number of halogens is 1. The minimum atomic E-state index is 0.170. The first kappa shape index (κ1) is 13.9. The summed E-state index contributed by atoms with van der Waals surface area (Å²) >= 11 is 3.50. The molecule has 21 heavy (non-hydrogen) atoms. The molecular weight excluding hydrogens is 326 g/mol. The van der Waals surface area contributed by atoms with E-state index in [1.165, 1.54) is 5.56 Å². The number of nitrogens with two attached hydrogens (primary N) is 1. The van der Waals surface area contributed by atoms with Gasteiger partial charge in [-0.1, -0.05) is 34.1 Å². The topological polar surface area (TPSA) is 50.9 Å². The third kappa shape index (κ3) is 2.85. The van der Waals surface area contributed by atoms with Gasteiger partial charge in [0.15, 0.2) is 0 Å². The summed E-state index contributed by atoms with van der Waals surface area (Å²) in [6.07, 6.45) is 3.59. The molecule has 0 amide bonds. The molecule has 0 aliphatic carbocycles. The molecule has 0 saturated heterocycles. The highest BCUT2D eigenvalue weighted by molar-refractivity contribution is 9.10. The lowest BCUT2D eigenvalue weighted by atomic mass is 10.1. The average molecular weight is 342 g/mol. The van der Waals surface area contributed by atoms with Crippen molar-refractivity contribution in [1.82, 2.24) is 4.98 Å². The summed E-state index contributed by atoms with van der Waals surface area (Å²) in [5.74, 6) is 0. The second-order valence-electron chi connectivity index (χ2n) is 5.04. The zero-order valence-electron chi connectivity index (χ0n) is 11.7. The molecule has 1 unspecified atom stereocenters. The van der Waals surface area contributed by atoms with Crippen molar-refractivity contribution in [3.05, 3.63) is 64.9 Å². The molecule has 0 aliphatic heterocycles. The number of benzene rings is 2. The van der Waals surface area contributed by atoms with Gasteiger partial charge in [-0.3, -0.25) is 4.98 Å². The minimum absolute atomic E-state index is 0.170. The van der Waals surface area contributed by atoms with Crippen molar-refractivity contribution >= 4 is 38.1 Å². The van der Waals surface area contributed by atoms with Crippen LogP contribution in [-0.4, -0.2) is 4.98 Å². The summed E-state index contributed by atoms with van der Waals surface area (Å²) in [6.45, 7) is 2.12. The Morgan fingerprint density at radius 1 is 1.19 bits per heavy atom. The van der Waals surface area contributed by atoms with Gasteiger partial charge in [0, 0.05) is 33.7 Å². The Morgan fingerprint density at radius 3 is 2.86 bits per heavy atom. The molecule has 0 radical (unpaired) electrons. The highest BCUT2D eigenvalue weighted by Gasteiger charge is 2.09. The number of pyridine rings is 1. The number of nitrogens with one attached hydrogen (secondary N) is 1. The van der Waals surface area contributed by atoms with E-state index in [0.29, 0.717) is 0 Å². The Balaban J connectivity index is 1.93. The molecule has 106 valence electrons. The van der Waals surface area contributed by atoms with Crippen LogP contribution < -0.4 is 11.1 Å². The van der Waals surface area contributed by atoms with Gasteiger partial charge in [0.1, 0.15) is 0 Å². The van der Waals surface area contributed by atoms with Crippen LogP contribution in [0.25, 0.3) is 10.8 Å². The van der Waals surface area contributed by atoms with E-state index in [1.54, 1.807) is 6.20 Å². The van der Waals surface area contributed by atoms with E-state index in [2.05, 4.69) is 45.3 Å². The lowest BCUT2D eigenvalue weighted by molar-refractivity contribution is 0.885. The van der Waals surface area contributed by atoms with E-state index in [0.717, 1.165) is 26.6 Å². The first-order valence-electron chi connectivity index (χ1n) is 6.79. The average Bonchev–Trinajstić information content (AvgIpc) is 2.50. The second-order valence-corrected chi connectivity index (χ2v) is 5.96. The molecule has 0 aliphatic rings. The molecular formula is C17H16BrN3. The standard InChI is InChI=1S/C17H16BrN3/c1-11(12-3-2-4-14(18)9-12)21-16-6-5-13-10-20-8-7-15(13)17(16)19/h2-11,21H,19H2,1H3. The van der Waals surface area contributed by atoms with Gasteiger partial charge < -0.3 is 11.1 Å². The molecule has 1 aromatic heterocycles. The van der Waals surface area contributed by atoms with Crippen molar-refractivity contribution in [2.45, 2.75) is 13.0 Å². The largest absolute Gasteiger partial charge is 0.397 e. The van der Waals surface area contributed by atoms with Gasteiger partial charge in [0.2, 0.25) is 0 Å². The number of nitrogens with zero attached hydrogens (tertiary/aromatic N) is 1. The third-order valence-electron chi connectivity index (χ3n) is 3.58. The van der Waals surface area contributed by atoms with Crippen LogP contribution >= 0.6 is 15.9 Å². The molecule has 0 spiro atoms. The van der Waals surface area contributed by atoms with Gasteiger partial charge in [-0.15, -0.1) is 0 Å². The summed E-state index contributed by atoms with van der Waals surface area (Å²) in [6, 6.07) is 14.4. The van der Waals surface area contributed by atoms with Gasteiger partial charge in [-0.2, -0.15) is 0 Å². The van der Waals surface area contributed by atoms with Crippen molar-refractivity contribution in [3.8, 4) is 0 Å². The molecule has 4 heteroatoms. The number of nitrogen functional groups attached to an aromatic ring is 1. The lowest BCUT2D eigenvalue weighted by Gasteiger charge is -2.18. The SMILES string of the molecule is CC(Nc1ccc2cnccc2c1N)c1cccc(Br)c1. The molecule has 3 N–H and O–H groups in total. The second kappa shape index (κ2) is 5.74. The molecule has 1 heterocycles. The van der Waals surface area contributed by atoms with Crippen molar-refractivity contribution in [2.24, 2.45) is 0 Å². The van der Waals surface area contributed by atoms with Crippen LogP contribution in [0.1, 0.15) is 18.5 Å². The maximum atomic E-state index is 6.28. The first-order chi connectivity index (χ1) is 10.1. The lowest BCUT2D eigenvalue weighted by Crippen LogP contribution is -2.08. The van der Waals surface area contributed by atoms with Gasteiger partial charge in [0.25, 0.3) is 0 Å². The predicted octanol–water partition coefficient (Wildman–Crippen LogP) is 4.75. The van der Waals surface area contributed by atoms with E-state index < -0.39 is 0 Å². The molecule has 0 fully saturated rings. The van der Waals surface area contributed by atoms with Crippen LogP contribution in [-0.2, 0) is 0 Å². The Labute approximate surface area is 132 Å². The number of fused-ring (bicyclic) bond motifs is 1. The predicted molar refractivity (Wildman–Crippen MR) is 92.3 cm³/mol. The Morgan fingerprint density at radius 2 is 2.05 bits per heavy atom. The van der Waals surface area contributed by atoms with Crippen molar-refractivity contribution in [3.63, 3.8) is 0 Å². The van der Waals surface area contributed by atoms with Crippen LogP contribution in [0.4, 0.5) is 11.4 Å². The van der Waals surface area contributed by atoms with Gasteiger partial charge in [-0.25, -0.2) is 0 Å². The van der Waals surface area contributed by atoms with E-state index in [4.69, 9.17) is 5.73 Å². The van der Waals surface area contributed by atoms with E-state index in [1.807, 2.05) is 36.5 Å². The first-order valence-corrected chi connectivity index (χ1v) is 7.58. The zero-order valence-corrected chi connectivity index (χ0v) is 13.3. The number of aromatic nitrogens is 1. The van der Waals surface area contributed by atoms with Crippen LogP contribution in [0.5, 0.6) is 0 Å². The maximum absolute atomic E-state index is 6.28. The highest BCUT2D eigenvalue weighted by atomic mass is 79.9. The normalized spacial score (nSPS) is 12.3. The van der Waals surface area contributed by atoms with E-state index in [9.17, 15) is 0 Å². The number of rotatable bonds is 3. The summed E-state index contributed by atoms with van der Waals surface area (Å²) in [5, 5.41) is 5.56. The number of hydrogen-bond donors (Lipinski definition) is 2. The fourth-order valence-electron chi connectivity index (χ4n) is 2.41. The molecule has 2 aromatic carbocycles. The molecule has 0 bridgehead atoms. The van der Waals surface area contributed by atoms with Crippen molar-refractivity contribution < 1.29 is 0 Å². The fourth-order valence-corrected chi connectivity index (χ4v) is 2.83. The Hall–Kier alpha value is -2.07. The van der Waals surface area contributed by atoms with Gasteiger partial charge in [0.05, 0.1) is 11.4 Å². The van der Waals surface area contributed by atoms with Gasteiger partial charge in [-0.05, 0) is 36.8 Å². The number of hydrogen-bond acceptors (Lipinski definition) is 3. The van der Waals surface area contributed by atoms with Crippen LogP contribution in [0, 0.1) is 0 Å². The van der Waals surface area contributed by atoms with Crippen LogP contribution in [0.2, 0.25) is 0 Å². The summed E-state index contributed by atoms with van der Waals surface area (Å²) < 4.78 is 1.08. The maximum Gasteiger partial charge on any atom is 0.0630 e. The molecule has 3 rings (SSSR count). The summed E-state index contributed by atoms with van der Waals surface area (Å²) in [5.41, 5.74) is 9.19. The van der Waals surface area contributed by atoms with E-state index >= 15 is 0 Å². The van der Waals surface area contributed by atoms with Crippen LogP contribution in [0.15, 0.2) is 59.3 Å². The molecule has 1 atom stereocenters. The van der Waals surface area contributed by atoms with Gasteiger partial charge >= 0.3 is 0 Å². The zero-order chi connectivity index (χ0) is 14.8. The van der Waals surface area contributed by atoms with Crippen molar-refractivity contribution in [1.29, 1.82) is 0 Å². The molecule has 0 saturated carbocycles. The monoisotopic (exact) mass is 341 g/mol. The highest BCUT2D eigenvalue weighted by Crippen LogP contribution is 2.31. The van der Waals surface area contributed by atoms with Crippen molar-refractivity contribution in [2.75, 3.05) is 11.1 Å². The number of anilines is 2. The van der Waals surface area contributed by atoms with Crippen LogP contribution in [0.3, 0.4) is 0 Å². The fraction of sp³-hybridized carbons (Fsp3) is 0.118. The Kier molecular flexibility index (Phi) is 3.80. The molecule has 3 aromatic rings. The quantitative estimate of drug-likeness (QED) is 0.675.